The van der Waals surface area contributed by atoms with E-state index in [4.69, 9.17) is 22.1 Å². The predicted octanol–water partition coefficient (Wildman–Crippen LogP) is 5.24. The molecule has 3 aromatic carbocycles. The number of ether oxygens (including phenoxy) is 1. The van der Waals surface area contributed by atoms with Gasteiger partial charge in [0.05, 0.1) is 23.0 Å². The maximum atomic E-state index is 12.8. The van der Waals surface area contributed by atoms with Crippen LogP contribution < -0.4 is 20.7 Å². The van der Waals surface area contributed by atoms with Crippen molar-refractivity contribution in [3.8, 4) is 5.75 Å². The van der Waals surface area contributed by atoms with Crippen molar-refractivity contribution in [2.75, 3.05) is 23.8 Å². The number of anilines is 3. The molecule has 0 atom stereocenters. The van der Waals surface area contributed by atoms with E-state index in [2.05, 4.69) is 5.32 Å². The van der Waals surface area contributed by atoms with E-state index in [1.807, 2.05) is 60.7 Å². The monoisotopic (exact) mass is 395 g/mol. The average Bonchev–Trinajstić information content (AvgIpc) is 2.71. The van der Waals surface area contributed by atoms with E-state index in [1.54, 1.807) is 23.1 Å². The third kappa shape index (κ3) is 5.18. The van der Waals surface area contributed by atoms with E-state index in [0.29, 0.717) is 36.0 Å². The van der Waals surface area contributed by atoms with Crippen LogP contribution in [0.3, 0.4) is 0 Å². The number of hydrogen-bond donors (Lipinski definition) is 2. The molecule has 0 aliphatic carbocycles. The van der Waals surface area contributed by atoms with Crippen LogP contribution in [0.15, 0.2) is 78.9 Å². The number of carbonyl (C=O) groups excluding carboxylic acids is 1. The summed E-state index contributed by atoms with van der Waals surface area (Å²) in [7, 11) is 0. The first-order valence-corrected chi connectivity index (χ1v) is 9.39. The van der Waals surface area contributed by atoms with Crippen LogP contribution in [-0.2, 0) is 0 Å². The first-order valence-electron chi connectivity index (χ1n) is 9.01. The number of carbonyl (C=O) groups is 1. The highest BCUT2D eigenvalue weighted by Crippen LogP contribution is 2.26. The number of nitrogen functional groups attached to an aromatic ring is 1. The van der Waals surface area contributed by atoms with Crippen molar-refractivity contribution in [2.45, 2.75) is 6.42 Å². The van der Waals surface area contributed by atoms with Gasteiger partial charge in [-0.15, -0.1) is 0 Å². The Balaban J connectivity index is 1.59. The van der Waals surface area contributed by atoms with E-state index in [-0.39, 0.29) is 6.03 Å². The van der Waals surface area contributed by atoms with Crippen molar-refractivity contribution in [1.29, 1.82) is 0 Å². The van der Waals surface area contributed by atoms with Gasteiger partial charge in [-0.1, -0.05) is 41.9 Å². The lowest BCUT2D eigenvalue weighted by molar-refractivity contribution is 0.246. The molecule has 0 spiro atoms. The standard InChI is InChI=1S/C22H22ClN3O2/c23-20-9-4-5-10-21(20)28-16-6-15-25-22(27)26(18-7-2-1-3-8-18)19-13-11-17(24)12-14-19/h1-5,7-14H,6,15-16,24H2,(H,25,27). The fraction of sp³-hybridized carbons (Fsp3) is 0.136. The highest BCUT2D eigenvalue weighted by atomic mass is 35.5. The zero-order chi connectivity index (χ0) is 19.8. The summed E-state index contributed by atoms with van der Waals surface area (Å²) in [5.41, 5.74) is 7.93. The quantitative estimate of drug-likeness (QED) is 0.424. The normalized spacial score (nSPS) is 10.3. The molecule has 144 valence electrons. The topological polar surface area (TPSA) is 67.6 Å². The number of urea groups is 1. The van der Waals surface area contributed by atoms with Gasteiger partial charge in [0.15, 0.2) is 0 Å². The number of benzene rings is 3. The van der Waals surface area contributed by atoms with Crippen LogP contribution in [0.5, 0.6) is 5.75 Å². The molecule has 0 aromatic heterocycles. The van der Waals surface area contributed by atoms with Crippen LogP contribution in [0.2, 0.25) is 5.02 Å². The zero-order valence-electron chi connectivity index (χ0n) is 15.3. The van der Waals surface area contributed by atoms with Crippen molar-refractivity contribution in [2.24, 2.45) is 0 Å². The smallest absolute Gasteiger partial charge is 0.326 e. The Morgan fingerprint density at radius 2 is 1.57 bits per heavy atom. The van der Waals surface area contributed by atoms with Crippen LogP contribution in [0, 0.1) is 0 Å². The third-order valence-electron chi connectivity index (χ3n) is 4.06. The van der Waals surface area contributed by atoms with Crippen LogP contribution in [0.25, 0.3) is 0 Å². The Bertz CT molecular complexity index is 901. The van der Waals surface area contributed by atoms with Gasteiger partial charge in [0.2, 0.25) is 0 Å². The third-order valence-corrected chi connectivity index (χ3v) is 4.37. The number of para-hydroxylation sites is 2. The second-order valence-corrected chi connectivity index (χ2v) is 6.53. The highest BCUT2D eigenvalue weighted by Gasteiger charge is 2.17. The number of halogens is 1. The van der Waals surface area contributed by atoms with Crippen LogP contribution in [0.1, 0.15) is 6.42 Å². The number of nitrogens with two attached hydrogens (primary N) is 1. The number of hydrogen-bond acceptors (Lipinski definition) is 3. The molecule has 0 saturated heterocycles. The maximum absolute atomic E-state index is 12.8. The van der Waals surface area contributed by atoms with Gasteiger partial charge in [0.1, 0.15) is 5.75 Å². The van der Waals surface area contributed by atoms with Crippen LogP contribution >= 0.6 is 11.6 Å². The van der Waals surface area contributed by atoms with E-state index >= 15 is 0 Å². The summed E-state index contributed by atoms with van der Waals surface area (Å²) in [5.74, 6) is 0.642. The second-order valence-electron chi connectivity index (χ2n) is 6.13. The molecule has 0 unspecified atom stereocenters. The van der Waals surface area contributed by atoms with Crippen LogP contribution in [0.4, 0.5) is 21.9 Å². The summed E-state index contributed by atoms with van der Waals surface area (Å²) in [6, 6.07) is 23.8. The van der Waals surface area contributed by atoms with Crippen molar-refractivity contribution in [1.82, 2.24) is 5.32 Å². The Morgan fingerprint density at radius 1 is 0.929 bits per heavy atom. The lowest BCUT2D eigenvalue weighted by Crippen LogP contribution is -2.37. The zero-order valence-corrected chi connectivity index (χ0v) is 16.1. The maximum Gasteiger partial charge on any atom is 0.326 e. The van der Waals surface area contributed by atoms with Crippen molar-refractivity contribution >= 4 is 34.7 Å². The molecule has 0 fully saturated rings. The fourth-order valence-corrected chi connectivity index (χ4v) is 2.86. The summed E-state index contributed by atoms with van der Waals surface area (Å²) >= 11 is 6.07. The molecule has 6 heteroatoms. The molecule has 3 rings (SSSR count). The summed E-state index contributed by atoms with van der Waals surface area (Å²) in [5, 5.41) is 3.51. The molecule has 0 radical (unpaired) electrons. The van der Waals surface area contributed by atoms with Crippen molar-refractivity contribution in [3.05, 3.63) is 83.9 Å². The summed E-state index contributed by atoms with van der Waals surface area (Å²) < 4.78 is 5.65. The van der Waals surface area contributed by atoms with Gasteiger partial charge in [-0.25, -0.2) is 4.79 Å². The van der Waals surface area contributed by atoms with E-state index in [0.717, 1.165) is 11.4 Å². The van der Waals surface area contributed by atoms with E-state index < -0.39 is 0 Å². The number of nitrogens with one attached hydrogen (secondary N) is 1. The SMILES string of the molecule is Nc1ccc(N(C(=O)NCCCOc2ccccc2Cl)c2ccccc2)cc1. The van der Waals surface area contributed by atoms with Gasteiger partial charge in [-0.2, -0.15) is 0 Å². The molecule has 2 amide bonds. The van der Waals surface area contributed by atoms with E-state index in [1.165, 1.54) is 0 Å². The van der Waals surface area contributed by atoms with Gasteiger partial charge >= 0.3 is 6.03 Å². The first-order chi connectivity index (χ1) is 13.6. The molecule has 0 heterocycles. The summed E-state index contributed by atoms with van der Waals surface area (Å²) in [6.07, 6.45) is 0.654. The minimum atomic E-state index is -0.214. The first kappa shape index (κ1) is 19.6. The lowest BCUT2D eigenvalue weighted by Gasteiger charge is -2.23. The molecule has 0 bridgehead atoms. The van der Waals surface area contributed by atoms with Gasteiger partial charge in [-0.3, -0.25) is 4.90 Å². The van der Waals surface area contributed by atoms with Gasteiger partial charge in [0.25, 0.3) is 0 Å². The van der Waals surface area contributed by atoms with Crippen LogP contribution in [-0.4, -0.2) is 19.2 Å². The lowest BCUT2D eigenvalue weighted by atomic mass is 10.2. The number of nitrogens with zero attached hydrogens (tertiary/aromatic N) is 1. The molecule has 0 aliphatic rings. The van der Waals surface area contributed by atoms with E-state index in [9.17, 15) is 4.79 Å². The van der Waals surface area contributed by atoms with Crippen molar-refractivity contribution < 1.29 is 9.53 Å². The van der Waals surface area contributed by atoms with Gasteiger partial charge in [-0.05, 0) is 55.0 Å². The molecule has 3 N–H and O–H groups in total. The second kappa shape index (κ2) is 9.67. The molecule has 3 aromatic rings. The minimum absolute atomic E-state index is 0.214. The van der Waals surface area contributed by atoms with Gasteiger partial charge in [0, 0.05) is 12.2 Å². The molecule has 0 saturated carbocycles. The molecule has 5 nitrogen and oxygen atoms in total. The summed E-state index contributed by atoms with van der Waals surface area (Å²) in [6.45, 7) is 0.929. The Hall–Kier alpha value is -3.18. The molecule has 0 aliphatic heterocycles. The Morgan fingerprint density at radius 3 is 2.29 bits per heavy atom. The summed E-state index contributed by atoms with van der Waals surface area (Å²) in [4.78, 5) is 14.5. The van der Waals surface area contributed by atoms with Crippen molar-refractivity contribution in [3.63, 3.8) is 0 Å². The molecular formula is C22H22ClN3O2. The van der Waals surface area contributed by atoms with Gasteiger partial charge < -0.3 is 15.8 Å². The predicted molar refractivity (Wildman–Crippen MR) is 114 cm³/mol. The number of amides is 2. The molecule has 28 heavy (non-hydrogen) atoms. The molecular weight excluding hydrogens is 374 g/mol. The Labute approximate surface area is 169 Å². The minimum Gasteiger partial charge on any atom is -0.492 e. The fourth-order valence-electron chi connectivity index (χ4n) is 2.67. The number of rotatable bonds is 7. The largest absolute Gasteiger partial charge is 0.492 e. The average molecular weight is 396 g/mol. The highest BCUT2D eigenvalue weighted by molar-refractivity contribution is 6.32. The Kier molecular flexibility index (Phi) is 6.76.